The molecular formula is C7H11N3. The molecule has 0 saturated heterocycles. The summed E-state index contributed by atoms with van der Waals surface area (Å²) in [5.74, 6) is 0.558. The smallest absolute Gasteiger partial charge is 0.147 e. The van der Waals surface area contributed by atoms with Gasteiger partial charge in [-0.2, -0.15) is 0 Å². The summed E-state index contributed by atoms with van der Waals surface area (Å²) in [7, 11) is 1.83. The van der Waals surface area contributed by atoms with Gasteiger partial charge in [0, 0.05) is 13.2 Å². The third-order valence-electron chi connectivity index (χ3n) is 1.44. The lowest BCUT2D eigenvalue weighted by Crippen LogP contribution is -1.99. The molecule has 0 bridgehead atoms. The highest BCUT2D eigenvalue weighted by atomic mass is 14.9. The van der Waals surface area contributed by atoms with Crippen LogP contribution >= 0.6 is 0 Å². The van der Waals surface area contributed by atoms with Crippen LogP contribution in [0.25, 0.3) is 0 Å². The molecular weight excluding hydrogens is 126 g/mol. The average molecular weight is 137 g/mol. The van der Waals surface area contributed by atoms with E-state index in [1.165, 1.54) is 0 Å². The van der Waals surface area contributed by atoms with Gasteiger partial charge in [-0.3, -0.25) is 0 Å². The molecule has 0 fully saturated rings. The first kappa shape index (κ1) is 6.86. The highest BCUT2D eigenvalue weighted by molar-refractivity contribution is 5.65. The molecule has 0 aromatic carbocycles. The van der Waals surface area contributed by atoms with Gasteiger partial charge < -0.3 is 11.1 Å². The van der Waals surface area contributed by atoms with Gasteiger partial charge in [0.2, 0.25) is 0 Å². The number of hydrogen-bond acceptors (Lipinski definition) is 3. The van der Waals surface area contributed by atoms with Gasteiger partial charge in [-0.05, 0) is 18.6 Å². The Balaban J connectivity index is 3.17. The lowest BCUT2D eigenvalue weighted by atomic mass is 10.2. The van der Waals surface area contributed by atoms with Crippen molar-refractivity contribution in [2.45, 2.75) is 6.92 Å². The van der Waals surface area contributed by atoms with Crippen molar-refractivity contribution in [1.29, 1.82) is 0 Å². The Hall–Kier alpha value is -1.25. The molecule has 54 valence electrons. The lowest BCUT2D eigenvalue weighted by molar-refractivity contribution is 1.28. The van der Waals surface area contributed by atoms with E-state index in [2.05, 4.69) is 10.3 Å². The van der Waals surface area contributed by atoms with Crippen molar-refractivity contribution in [2.75, 3.05) is 18.1 Å². The van der Waals surface area contributed by atoms with Crippen LogP contribution in [0.5, 0.6) is 0 Å². The van der Waals surface area contributed by atoms with Crippen molar-refractivity contribution in [1.82, 2.24) is 4.98 Å². The summed E-state index contributed by atoms with van der Waals surface area (Å²) < 4.78 is 0. The molecule has 0 aliphatic heterocycles. The molecule has 10 heavy (non-hydrogen) atoms. The van der Waals surface area contributed by atoms with Crippen LogP contribution in [-0.4, -0.2) is 12.0 Å². The van der Waals surface area contributed by atoms with Gasteiger partial charge in [-0.15, -0.1) is 0 Å². The Morgan fingerprint density at radius 3 is 2.70 bits per heavy atom. The van der Waals surface area contributed by atoms with E-state index in [4.69, 9.17) is 5.73 Å². The van der Waals surface area contributed by atoms with E-state index in [9.17, 15) is 0 Å². The summed E-state index contributed by atoms with van der Waals surface area (Å²) in [6.07, 6.45) is 1.70. The fraction of sp³-hybridized carbons (Fsp3) is 0.286. The highest BCUT2D eigenvalue weighted by Gasteiger charge is 1.98. The van der Waals surface area contributed by atoms with Gasteiger partial charge in [0.25, 0.3) is 0 Å². The maximum atomic E-state index is 5.56. The molecule has 3 heteroatoms. The van der Waals surface area contributed by atoms with Crippen LogP contribution in [0.2, 0.25) is 0 Å². The van der Waals surface area contributed by atoms with Crippen LogP contribution in [0.15, 0.2) is 12.3 Å². The monoisotopic (exact) mass is 137 g/mol. The third-order valence-corrected chi connectivity index (χ3v) is 1.44. The molecule has 0 radical (unpaired) electrons. The Labute approximate surface area is 60.3 Å². The molecule has 0 unspecified atom stereocenters. The number of aryl methyl sites for hydroxylation is 1. The second-order valence-electron chi connectivity index (χ2n) is 2.14. The minimum Gasteiger partial charge on any atom is -0.385 e. The van der Waals surface area contributed by atoms with Gasteiger partial charge in [0.05, 0.1) is 5.69 Å². The van der Waals surface area contributed by atoms with Crippen LogP contribution in [0.4, 0.5) is 11.5 Å². The van der Waals surface area contributed by atoms with Gasteiger partial charge in [-0.25, -0.2) is 4.98 Å². The normalized spacial score (nSPS) is 9.40. The highest BCUT2D eigenvalue weighted by Crippen LogP contribution is 2.18. The van der Waals surface area contributed by atoms with E-state index in [0.717, 1.165) is 11.3 Å². The van der Waals surface area contributed by atoms with Crippen molar-refractivity contribution >= 4 is 11.5 Å². The van der Waals surface area contributed by atoms with Gasteiger partial charge in [0.15, 0.2) is 0 Å². The van der Waals surface area contributed by atoms with Crippen LogP contribution in [0, 0.1) is 6.92 Å². The molecule has 1 aromatic rings. The maximum absolute atomic E-state index is 5.56. The standard InChI is InChI=1S/C7H11N3/c1-5-3-4-10-7(8)6(5)9-2/h3-4,9H,1-2H3,(H2,8,10). The lowest BCUT2D eigenvalue weighted by Gasteiger charge is -2.05. The van der Waals surface area contributed by atoms with Crippen LogP contribution < -0.4 is 11.1 Å². The zero-order valence-electron chi connectivity index (χ0n) is 6.18. The van der Waals surface area contributed by atoms with Gasteiger partial charge in [-0.1, -0.05) is 0 Å². The number of nitrogens with two attached hydrogens (primary N) is 1. The van der Waals surface area contributed by atoms with Crippen molar-refractivity contribution in [3.63, 3.8) is 0 Å². The van der Waals surface area contributed by atoms with E-state index in [1.54, 1.807) is 6.20 Å². The van der Waals surface area contributed by atoms with E-state index in [1.807, 2.05) is 20.0 Å². The summed E-state index contributed by atoms with van der Waals surface area (Å²) in [5, 5.41) is 2.98. The zero-order chi connectivity index (χ0) is 7.56. The molecule has 1 heterocycles. The molecule has 0 amide bonds. The summed E-state index contributed by atoms with van der Waals surface area (Å²) in [4.78, 5) is 3.93. The third kappa shape index (κ3) is 1.03. The van der Waals surface area contributed by atoms with Crippen molar-refractivity contribution in [3.05, 3.63) is 17.8 Å². The number of nitrogens with zero attached hydrogens (tertiary/aromatic N) is 1. The van der Waals surface area contributed by atoms with E-state index in [-0.39, 0.29) is 0 Å². The summed E-state index contributed by atoms with van der Waals surface area (Å²) in [6.45, 7) is 1.99. The zero-order valence-corrected chi connectivity index (χ0v) is 6.18. The number of rotatable bonds is 1. The predicted octanol–water partition coefficient (Wildman–Crippen LogP) is 1.01. The molecule has 1 aromatic heterocycles. The van der Waals surface area contributed by atoms with Crippen LogP contribution in [-0.2, 0) is 0 Å². The number of nitrogens with one attached hydrogen (secondary N) is 1. The van der Waals surface area contributed by atoms with Crippen molar-refractivity contribution in [2.24, 2.45) is 0 Å². The topological polar surface area (TPSA) is 50.9 Å². The van der Waals surface area contributed by atoms with E-state index >= 15 is 0 Å². The first-order valence-corrected chi connectivity index (χ1v) is 3.14. The van der Waals surface area contributed by atoms with Gasteiger partial charge in [0.1, 0.15) is 5.82 Å². The fourth-order valence-corrected chi connectivity index (χ4v) is 0.905. The summed E-state index contributed by atoms with van der Waals surface area (Å²) in [6, 6.07) is 1.92. The molecule has 0 aliphatic carbocycles. The predicted molar refractivity (Wildman–Crippen MR) is 42.9 cm³/mol. The molecule has 0 saturated carbocycles. The van der Waals surface area contributed by atoms with Crippen LogP contribution in [0.3, 0.4) is 0 Å². The number of anilines is 2. The van der Waals surface area contributed by atoms with Crippen LogP contribution in [0.1, 0.15) is 5.56 Å². The molecule has 0 aliphatic rings. The van der Waals surface area contributed by atoms with E-state index in [0.29, 0.717) is 5.82 Å². The number of aromatic nitrogens is 1. The van der Waals surface area contributed by atoms with Crippen molar-refractivity contribution in [3.8, 4) is 0 Å². The minimum absolute atomic E-state index is 0.558. The second kappa shape index (κ2) is 2.56. The first-order chi connectivity index (χ1) is 4.75. The Morgan fingerprint density at radius 2 is 2.30 bits per heavy atom. The molecule has 1 rings (SSSR count). The summed E-state index contributed by atoms with van der Waals surface area (Å²) >= 11 is 0. The minimum atomic E-state index is 0.558. The largest absolute Gasteiger partial charge is 0.385 e. The number of pyridine rings is 1. The average Bonchev–Trinajstić information content (AvgIpc) is 1.88. The number of hydrogen-bond donors (Lipinski definition) is 2. The Kier molecular flexibility index (Phi) is 1.76. The SMILES string of the molecule is CNc1c(C)ccnc1N. The second-order valence-corrected chi connectivity index (χ2v) is 2.14. The number of nitrogen functional groups attached to an aromatic ring is 1. The fourth-order valence-electron chi connectivity index (χ4n) is 0.905. The maximum Gasteiger partial charge on any atom is 0.147 e. The first-order valence-electron chi connectivity index (χ1n) is 3.14. The quantitative estimate of drug-likeness (QED) is 0.607. The van der Waals surface area contributed by atoms with Crippen molar-refractivity contribution < 1.29 is 0 Å². The Morgan fingerprint density at radius 1 is 1.60 bits per heavy atom. The summed E-state index contributed by atoms with van der Waals surface area (Å²) in [5.41, 5.74) is 7.60. The molecule has 3 N–H and O–H groups in total. The molecule has 3 nitrogen and oxygen atoms in total. The van der Waals surface area contributed by atoms with Gasteiger partial charge >= 0.3 is 0 Å². The molecule has 0 spiro atoms. The molecule has 0 atom stereocenters. The Bertz CT molecular complexity index is 212. The van der Waals surface area contributed by atoms with E-state index < -0.39 is 0 Å².